The summed E-state index contributed by atoms with van der Waals surface area (Å²) in [5, 5.41) is 13.4. The van der Waals surface area contributed by atoms with Crippen LogP contribution in [0.4, 0.5) is 0 Å². The van der Waals surface area contributed by atoms with E-state index in [1.807, 2.05) is 54.6 Å². The van der Waals surface area contributed by atoms with Crippen LogP contribution in [0.3, 0.4) is 0 Å². The van der Waals surface area contributed by atoms with Crippen molar-refractivity contribution in [2.75, 3.05) is 26.2 Å². The molecule has 1 unspecified atom stereocenters. The Labute approximate surface area is 159 Å². The Balaban J connectivity index is 1.48. The molecule has 2 N–H and O–H groups in total. The molecule has 2 aromatic carbocycles. The van der Waals surface area contributed by atoms with Crippen LogP contribution >= 0.6 is 0 Å². The molecule has 0 spiro atoms. The lowest BCUT2D eigenvalue weighted by atomic mass is 9.98. The topological polar surface area (TPSA) is 74.2 Å². The third kappa shape index (κ3) is 5.82. The molecule has 27 heavy (non-hydrogen) atoms. The van der Waals surface area contributed by atoms with Gasteiger partial charge in [0.25, 0.3) is 0 Å². The van der Waals surface area contributed by atoms with Gasteiger partial charge in [-0.15, -0.1) is 0 Å². The number of carbonyl (C=O) groups is 1. The molecule has 1 aliphatic rings. The van der Waals surface area contributed by atoms with E-state index >= 15 is 0 Å². The number of hydrazone groups is 1. The summed E-state index contributed by atoms with van der Waals surface area (Å²) in [6, 6.07) is 17.4. The number of piperidine rings is 1. The fourth-order valence-electron chi connectivity index (χ4n) is 3.14. The predicted molar refractivity (Wildman–Crippen MR) is 105 cm³/mol. The number of nitrogens with one attached hydrogen (secondary N) is 1. The Morgan fingerprint density at radius 1 is 1.22 bits per heavy atom. The lowest BCUT2D eigenvalue weighted by molar-refractivity contribution is -0.143. The maximum Gasteiger partial charge on any atom is 0.307 e. The number of ether oxygens (including phenoxy) is 1. The molecular weight excluding hydrogens is 342 g/mol. The van der Waals surface area contributed by atoms with Crippen LogP contribution in [0.25, 0.3) is 0 Å². The molecular formula is C21H25N3O3. The van der Waals surface area contributed by atoms with Gasteiger partial charge in [0, 0.05) is 25.2 Å². The molecule has 2 aromatic rings. The number of nitrogens with zero attached hydrogens (tertiary/aromatic N) is 2. The van der Waals surface area contributed by atoms with Crippen LogP contribution < -0.4 is 10.2 Å². The van der Waals surface area contributed by atoms with Gasteiger partial charge in [-0.25, -0.2) is 0 Å². The van der Waals surface area contributed by atoms with E-state index < -0.39 is 5.97 Å². The summed E-state index contributed by atoms with van der Waals surface area (Å²) >= 11 is 0. The lowest BCUT2D eigenvalue weighted by Gasteiger charge is -2.30. The van der Waals surface area contributed by atoms with Crippen LogP contribution in [0, 0.1) is 5.92 Å². The molecule has 0 aliphatic carbocycles. The maximum absolute atomic E-state index is 11.1. The van der Waals surface area contributed by atoms with Crippen LogP contribution in [-0.4, -0.2) is 48.4 Å². The van der Waals surface area contributed by atoms with Gasteiger partial charge in [-0.2, -0.15) is 5.10 Å². The van der Waals surface area contributed by atoms with Crippen LogP contribution in [0.15, 0.2) is 59.7 Å². The molecule has 0 bridgehead atoms. The highest BCUT2D eigenvalue weighted by molar-refractivity contribution is 5.83. The van der Waals surface area contributed by atoms with E-state index in [2.05, 4.69) is 15.4 Å². The third-order valence-electron chi connectivity index (χ3n) is 4.58. The molecule has 1 atom stereocenters. The Kier molecular flexibility index (Phi) is 6.82. The number of hydrogen-bond acceptors (Lipinski definition) is 5. The van der Waals surface area contributed by atoms with Gasteiger partial charge in [-0.1, -0.05) is 30.3 Å². The van der Waals surface area contributed by atoms with E-state index in [-0.39, 0.29) is 5.92 Å². The van der Waals surface area contributed by atoms with Crippen LogP contribution in [0.1, 0.15) is 18.4 Å². The van der Waals surface area contributed by atoms with Gasteiger partial charge in [0.05, 0.1) is 12.1 Å². The van der Waals surface area contributed by atoms with Crippen molar-refractivity contribution in [1.82, 2.24) is 10.3 Å². The zero-order valence-electron chi connectivity index (χ0n) is 15.3. The minimum atomic E-state index is -0.694. The van der Waals surface area contributed by atoms with Gasteiger partial charge >= 0.3 is 5.97 Å². The first-order valence-corrected chi connectivity index (χ1v) is 9.25. The smallest absolute Gasteiger partial charge is 0.307 e. The summed E-state index contributed by atoms with van der Waals surface area (Å²) in [5.74, 6) is 0.587. The second-order valence-corrected chi connectivity index (χ2v) is 6.60. The van der Waals surface area contributed by atoms with E-state index in [0.717, 1.165) is 43.0 Å². The molecule has 1 aliphatic heterocycles. The molecule has 0 aromatic heterocycles. The number of likely N-dealkylation sites (tertiary alicyclic amines) is 1. The van der Waals surface area contributed by atoms with Crippen LogP contribution in [-0.2, 0) is 4.79 Å². The van der Waals surface area contributed by atoms with E-state index in [9.17, 15) is 4.79 Å². The minimum Gasteiger partial charge on any atom is -0.481 e. The lowest BCUT2D eigenvalue weighted by Crippen LogP contribution is -2.41. The highest BCUT2D eigenvalue weighted by atomic mass is 16.5. The van der Waals surface area contributed by atoms with Crippen molar-refractivity contribution in [3.05, 3.63) is 60.2 Å². The van der Waals surface area contributed by atoms with Crippen molar-refractivity contribution in [3.8, 4) is 11.5 Å². The van der Waals surface area contributed by atoms with Crippen molar-refractivity contribution in [1.29, 1.82) is 0 Å². The third-order valence-corrected chi connectivity index (χ3v) is 4.58. The summed E-state index contributed by atoms with van der Waals surface area (Å²) in [7, 11) is 0. The standard InChI is InChI=1S/C21H25N3O3/c25-21(26)18-8-6-13-24(16-18)14-12-22-23-15-17-7-4-5-11-20(17)27-19-9-2-1-3-10-19/h1-5,7,9-11,15,18,22H,6,8,12-14,16H2,(H,25,26)/b23-15+. The number of hydrogen-bond donors (Lipinski definition) is 2. The van der Waals surface area contributed by atoms with Crippen molar-refractivity contribution in [3.63, 3.8) is 0 Å². The van der Waals surface area contributed by atoms with E-state index in [1.165, 1.54) is 0 Å². The van der Waals surface area contributed by atoms with Crippen molar-refractivity contribution in [2.24, 2.45) is 11.0 Å². The SMILES string of the molecule is O=C(O)C1CCCN(CCN/N=C/c2ccccc2Oc2ccccc2)C1. The maximum atomic E-state index is 11.1. The van der Waals surface area contributed by atoms with E-state index in [1.54, 1.807) is 6.21 Å². The first-order valence-electron chi connectivity index (χ1n) is 9.25. The zero-order valence-corrected chi connectivity index (χ0v) is 15.3. The number of carboxylic acids is 1. The number of aliphatic carboxylic acids is 1. The Bertz CT molecular complexity index is 764. The largest absolute Gasteiger partial charge is 0.481 e. The number of para-hydroxylation sites is 2. The van der Waals surface area contributed by atoms with Gasteiger partial charge in [-0.05, 0) is 43.7 Å². The average molecular weight is 367 g/mol. The molecule has 3 rings (SSSR count). The molecule has 1 saturated heterocycles. The summed E-state index contributed by atoms with van der Waals surface area (Å²) in [6.07, 6.45) is 3.45. The molecule has 142 valence electrons. The number of benzene rings is 2. The van der Waals surface area contributed by atoms with E-state index in [0.29, 0.717) is 13.1 Å². The number of carboxylic acid groups (broad SMARTS) is 1. The van der Waals surface area contributed by atoms with Gasteiger partial charge in [0.1, 0.15) is 11.5 Å². The first kappa shape index (κ1) is 18.9. The van der Waals surface area contributed by atoms with Gasteiger partial charge in [-0.3, -0.25) is 4.79 Å². The minimum absolute atomic E-state index is 0.246. The van der Waals surface area contributed by atoms with Crippen molar-refractivity contribution in [2.45, 2.75) is 12.8 Å². The number of rotatable bonds is 8. The zero-order chi connectivity index (χ0) is 18.9. The first-order chi connectivity index (χ1) is 13.2. The van der Waals surface area contributed by atoms with Gasteiger partial charge < -0.3 is 20.2 Å². The molecule has 1 heterocycles. The molecule has 0 amide bonds. The fraction of sp³-hybridized carbons (Fsp3) is 0.333. The highest BCUT2D eigenvalue weighted by Crippen LogP contribution is 2.23. The van der Waals surface area contributed by atoms with Gasteiger partial charge in [0.15, 0.2) is 0 Å². The second-order valence-electron chi connectivity index (χ2n) is 6.60. The normalized spacial score (nSPS) is 17.7. The fourth-order valence-corrected chi connectivity index (χ4v) is 3.14. The molecule has 1 fully saturated rings. The molecule has 6 nitrogen and oxygen atoms in total. The summed E-state index contributed by atoms with van der Waals surface area (Å²) in [5.41, 5.74) is 3.93. The monoisotopic (exact) mass is 367 g/mol. The average Bonchev–Trinajstić information content (AvgIpc) is 2.70. The summed E-state index contributed by atoms with van der Waals surface area (Å²) in [4.78, 5) is 13.3. The Morgan fingerprint density at radius 3 is 2.81 bits per heavy atom. The van der Waals surface area contributed by atoms with Crippen molar-refractivity contribution < 1.29 is 14.6 Å². The molecule has 0 radical (unpaired) electrons. The highest BCUT2D eigenvalue weighted by Gasteiger charge is 2.24. The Hall–Kier alpha value is -2.86. The van der Waals surface area contributed by atoms with Crippen LogP contribution in [0.5, 0.6) is 11.5 Å². The summed E-state index contributed by atoms with van der Waals surface area (Å²) in [6.45, 7) is 3.02. The molecule has 0 saturated carbocycles. The van der Waals surface area contributed by atoms with E-state index in [4.69, 9.17) is 9.84 Å². The second kappa shape index (κ2) is 9.73. The van der Waals surface area contributed by atoms with Gasteiger partial charge in [0.2, 0.25) is 0 Å². The Morgan fingerprint density at radius 2 is 2.00 bits per heavy atom. The van der Waals surface area contributed by atoms with Crippen LogP contribution in [0.2, 0.25) is 0 Å². The predicted octanol–water partition coefficient (Wildman–Crippen LogP) is 3.20. The summed E-state index contributed by atoms with van der Waals surface area (Å²) < 4.78 is 5.91. The van der Waals surface area contributed by atoms with Crippen molar-refractivity contribution >= 4 is 12.2 Å². The quantitative estimate of drug-likeness (QED) is 0.426. The molecule has 6 heteroatoms.